The molecule has 0 saturated heterocycles. The van der Waals surface area contributed by atoms with Crippen LogP contribution in [0.15, 0.2) is 6.07 Å². The first-order valence-electron chi connectivity index (χ1n) is 7.54. The molecule has 0 radical (unpaired) electrons. The fourth-order valence-electron chi connectivity index (χ4n) is 2.68. The van der Waals surface area contributed by atoms with Gasteiger partial charge in [-0.2, -0.15) is 0 Å². The molecular formula is C16H30N2S. The fourth-order valence-corrected chi connectivity index (χ4v) is 3.61. The quantitative estimate of drug-likeness (QED) is 0.775. The Kier molecular flexibility index (Phi) is 7.05. The maximum Gasteiger partial charge on any atom is 0.0274 e. The molecule has 1 rings (SSSR count). The zero-order valence-electron chi connectivity index (χ0n) is 13.2. The smallest absolute Gasteiger partial charge is 0.0274 e. The second-order valence-corrected chi connectivity index (χ2v) is 7.13. The van der Waals surface area contributed by atoms with Gasteiger partial charge in [-0.3, -0.25) is 4.90 Å². The largest absolute Gasteiger partial charge is 0.326 e. The highest BCUT2D eigenvalue weighted by Crippen LogP contribution is 2.24. The molecule has 0 amide bonds. The first-order chi connectivity index (χ1) is 9.01. The highest BCUT2D eigenvalue weighted by atomic mass is 32.1. The molecule has 0 spiro atoms. The van der Waals surface area contributed by atoms with Crippen LogP contribution in [0, 0.1) is 12.8 Å². The van der Waals surface area contributed by atoms with Crippen molar-refractivity contribution in [3.63, 3.8) is 0 Å². The van der Waals surface area contributed by atoms with Crippen LogP contribution >= 0.6 is 11.3 Å². The monoisotopic (exact) mass is 282 g/mol. The first kappa shape index (κ1) is 16.7. The van der Waals surface area contributed by atoms with Crippen LogP contribution in [-0.4, -0.2) is 17.5 Å². The van der Waals surface area contributed by atoms with E-state index in [9.17, 15) is 0 Å². The van der Waals surface area contributed by atoms with Gasteiger partial charge in [-0.05, 0) is 37.3 Å². The number of aryl methyl sites for hydroxylation is 1. The van der Waals surface area contributed by atoms with E-state index in [-0.39, 0.29) is 0 Å². The van der Waals surface area contributed by atoms with E-state index in [1.165, 1.54) is 34.7 Å². The van der Waals surface area contributed by atoms with Crippen molar-refractivity contribution in [2.24, 2.45) is 11.7 Å². The maximum atomic E-state index is 5.75. The molecule has 1 aromatic rings. The van der Waals surface area contributed by atoms with Gasteiger partial charge in [-0.1, -0.05) is 27.7 Å². The molecule has 2 N–H and O–H groups in total. The number of rotatable bonds is 8. The lowest BCUT2D eigenvalue weighted by Gasteiger charge is -2.32. The molecule has 0 bridgehead atoms. The van der Waals surface area contributed by atoms with E-state index in [4.69, 9.17) is 5.73 Å². The van der Waals surface area contributed by atoms with Crippen molar-refractivity contribution in [1.82, 2.24) is 4.90 Å². The van der Waals surface area contributed by atoms with Crippen LogP contribution in [0.25, 0.3) is 0 Å². The molecule has 0 aliphatic rings. The van der Waals surface area contributed by atoms with Crippen LogP contribution in [0.5, 0.6) is 0 Å². The third kappa shape index (κ3) is 4.90. The van der Waals surface area contributed by atoms with Gasteiger partial charge in [0.2, 0.25) is 0 Å². The minimum Gasteiger partial charge on any atom is -0.326 e. The maximum absolute atomic E-state index is 5.75. The van der Waals surface area contributed by atoms with E-state index in [1.54, 1.807) is 0 Å². The van der Waals surface area contributed by atoms with Gasteiger partial charge in [0.05, 0.1) is 0 Å². The van der Waals surface area contributed by atoms with Crippen LogP contribution in [-0.2, 0) is 13.1 Å². The average Bonchev–Trinajstić information content (AvgIpc) is 2.71. The standard InChI is InChI=1S/C16H30N2S/c1-6-15(7-2)18(10-12(3)4)11-14-8-16(9-17)19-13(14)5/h8,12,15H,6-7,9-11,17H2,1-5H3. The van der Waals surface area contributed by atoms with Crippen molar-refractivity contribution in [2.75, 3.05) is 6.54 Å². The molecule has 3 heteroatoms. The lowest BCUT2D eigenvalue weighted by Crippen LogP contribution is -2.36. The second-order valence-electron chi connectivity index (χ2n) is 5.79. The summed E-state index contributed by atoms with van der Waals surface area (Å²) in [4.78, 5) is 5.39. The molecule has 2 nitrogen and oxygen atoms in total. The number of nitrogens with zero attached hydrogens (tertiary/aromatic N) is 1. The Balaban J connectivity index is 2.83. The summed E-state index contributed by atoms with van der Waals surface area (Å²) in [5.74, 6) is 0.716. The van der Waals surface area contributed by atoms with Crippen LogP contribution in [0.2, 0.25) is 0 Å². The normalized spacial score (nSPS) is 12.1. The average molecular weight is 282 g/mol. The van der Waals surface area contributed by atoms with Crippen LogP contribution in [0.4, 0.5) is 0 Å². The molecule has 0 unspecified atom stereocenters. The number of hydrogen-bond acceptors (Lipinski definition) is 3. The van der Waals surface area contributed by atoms with Gasteiger partial charge < -0.3 is 5.73 Å². The zero-order chi connectivity index (χ0) is 14.4. The molecule has 0 atom stereocenters. The van der Waals surface area contributed by atoms with Crippen molar-refractivity contribution in [2.45, 2.75) is 66.6 Å². The zero-order valence-corrected chi connectivity index (χ0v) is 14.0. The SMILES string of the molecule is CCC(CC)N(Cc1cc(CN)sc1C)CC(C)C. The third-order valence-electron chi connectivity index (χ3n) is 3.70. The summed E-state index contributed by atoms with van der Waals surface area (Å²) >= 11 is 1.85. The Morgan fingerprint density at radius 2 is 1.89 bits per heavy atom. The molecule has 0 fully saturated rings. The third-order valence-corrected chi connectivity index (χ3v) is 4.82. The topological polar surface area (TPSA) is 29.3 Å². The van der Waals surface area contributed by atoms with Crippen molar-refractivity contribution in [3.05, 3.63) is 21.4 Å². The predicted molar refractivity (Wildman–Crippen MR) is 86.6 cm³/mol. The van der Waals surface area contributed by atoms with Gasteiger partial charge in [0, 0.05) is 35.4 Å². The van der Waals surface area contributed by atoms with Gasteiger partial charge >= 0.3 is 0 Å². The summed E-state index contributed by atoms with van der Waals surface area (Å²) < 4.78 is 0. The highest BCUT2D eigenvalue weighted by Gasteiger charge is 2.18. The number of thiophene rings is 1. The molecule has 1 aromatic heterocycles. The van der Waals surface area contributed by atoms with Crippen molar-refractivity contribution >= 4 is 11.3 Å². The molecule has 0 aliphatic carbocycles. The molecule has 110 valence electrons. The van der Waals surface area contributed by atoms with Crippen LogP contribution < -0.4 is 5.73 Å². The van der Waals surface area contributed by atoms with Crippen molar-refractivity contribution in [3.8, 4) is 0 Å². The summed E-state index contributed by atoms with van der Waals surface area (Å²) in [7, 11) is 0. The van der Waals surface area contributed by atoms with E-state index in [1.807, 2.05) is 11.3 Å². The fraction of sp³-hybridized carbons (Fsp3) is 0.750. The number of nitrogens with two attached hydrogens (primary N) is 1. The van der Waals surface area contributed by atoms with E-state index in [0.29, 0.717) is 18.5 Å². The van der Waals surface area contributed by atoms with Crippen molar-refractivity contribution < 1.29 is 0 Å². The van der Waals surface area contributed by atoms with Crippen LogP contribution in [0.1, 0.15) is 55.9 Å². The highest BCUT2D eigenvalue weighted by molar-refractivity contribution is 7.12. The molecule has 0 saturated carbocycles. The predicted octanol–water partition coefficient (Wildman–Crippen LogP) is 4.16. The van der Waals surface area contributed by atoms with E-state index >= 15 is 0 Å². The van der Waals surface area contributed by atoms with Crippen LogP contribution in [0.3, 0.4) is 0 Å². The lowest BCUT2D eigenvalue weighted by molar-refractivity contribution is 0.157. The Morgan fingerprint density at radius 1 is 1.26 bits per heavy atom. The summed E-state index contributed by atoms with van der Waals surface area (Å²) in [5, 5.41) is 0. The summed E-state index contributed by atoms with van der Waals surface area (Å²) in [5.41, 5.74) is 7.22. The van der Waals surface area contributed by atoms with Gasteiger partial charge in [-0.25, -0.2) is 0 Å². The molecular weight excluding hydrogens is 252 g/mol. The molecule has 19 heavy (non-hydrogen) atoms. The van der Waals surface area contributed by atoms with E-state index in [0.717, 1.165) is 6.54 Å². The minimum absolute atomic E-state index is 0.667. The molecule has 0 aromatic carbocycles. The van der Waals surface area contributed by atoms with Gasteiger partial charge in [0.15, 0.2) is 0 Å². The Bertz CT molecular complexity index is 367. The second kappa shape index (κ2) is 8.03. The van der Waals surface area contributed by atoms with E-state index < -0.39 is 0 Å². The van der Waals surface area contributed by atoms with Crippen molar-refractivity contribution in [1.29, 1.82) is 0 Å². The van der Waals surface area contributed by atoms with E-state index in [2.05, 4.69) is 45.6 Å². The molecule has 0 aliphatic heterocycles. The van der Waals surface area contributed by atoms with Gasteiger partial charge in [0.25, 0.3) is 0 Å². The first-order valence-corrected chi connectivity index (χ1v) is 8.35. The minimum atomic E-state index is 0.667. The summed E-state index contributed by atoms with van der Waals surface area (Å²) in [6.07, 6.45) is 2.46. The Morgan fingerprint density at radius 3 is 2.32 bits per heavy atom. The number of hydrogen-bond donors (Lipinski definition) is 1. The summed E-state index contributed by atoms with van der Waals surface area (Å²) in [6.45, 7) is 14.4. The Labute approximate surface area is 123 Å². The summed E-state index contributed by atoms with van der Waals surface area (Å²) in [6, 6.07) is 3.00. The molecule has 1 heterocycles. The van der Waals surface area contributed by atoms with Gasteiger partial charge in [-0.15, -0.1) is 11.3 Å². The Hall–Kier alpha value is -0.380. The van der Waals surface area contributed by atoms with Gasteiger partial charge in [0.1, 0.15) is 0 Å². The lowest BCUT2D eigenvalue weighted by atomic mass is 10.1.